The highest BCUT2D eigenvalue weighted by Gasteiger charge is 2.12. The maximum atomic E-state index is 11.9. The molecule has 0 heterocycles. The zero-order chi connectivity index (χ0) is 17.0. The third kappa shape index (κ3) is 4.36. The van der Waals surface area contributed by atoms with Crippen LogP contribution in [0.3, 0.4) is 0 Å². The Balaban J connectivity index is 2.13. The van der Waals surface area contributed by atoms with E-state index in [4.69, 9.17) is 0 Å². The monoisotopic (exact) mass is 441 g/mol. The quantitative estimate of drug-likeness (QED) is 0.428. The summed E-state index contributed by atoms with van der Waals surface area (Å²) in [6.07, 6.45) is 1.27. The highest BCUT2D eigenvalue weighted by Crippen LogP contribution is 2.25. The number of nitro groups is 1. The molecule has 7 nitrogen and oxygen atoms in total. The number of carbonyl (C=O) groups is 1. The van der Waals surface area contributed by atoms with Crippen molar-refractivity contribution >= 4 is 49.7 Å². The summed E-state index contributed by atoms with van der Waals surface area (Å²) in [5.74, 6) is -0.785. The fourth-order valence-electron chi connectivity index (χ4n) is 1.67. The van der Waals surface area contributed by atoms with Crippen molar-refractivity contribution in [2.75, 3.05) is 0 Å². The Morgan fingerprint density at radius 1 is 1.26 bits per heavy atom. The van der Waals surface area contributed by atoms with E-state index in [1.54, 1.807) is 12.1 Å². The molecule has 118 valence electrons. The Hall–Kier alpha value is -2.26. The number of carbonyl (C=O) groups excluding carboxylic acids is 1. The average molecular weight is 443 g/mol. The first-order chi connectivity index (χ1) is 10.9. The molecule has 0 spiro atoms. The minimum atomic E-state index is -0.605. The number of benzene rings is 2. The molecule has 2 N–H and O–H groups in total. The molecule has 2 aromatic carbocycles. The van der Waals surface area contributed by atoms with E-state index in [-0.39, 0.29) is 17.0 Å². The van der Waals surface area contributed by atoms with Crippen molar-refractivity contribution in [3.8, 4) is 5.75 Å². The first-order valence-corrected chi connectivity index (χ1v) is 7.73. The van der Waals surface area contributed by atoms with E-state index in [0.29, 0.717) is 14.5 Å². The normalized spacial score (nSPS) is 10.7. The van der Waals surface area contributed by atoms with Gasteiger partial charge in [0.2, 0.25) is 0 Å². The number of nitrogens with zero attached hydrogens (tertiary/aromatic N) is 2. The molecule has 0 bridgehead atoms. The summed E-state index contributed by atoms with van der Waals surface area (Å²) in [7, 11) is 0. The summed E-state index contributed by atoms with van der Waals surface area (Å²) in [5, 5.41) is 24.2. The minimum absolute atomic E-state index is 0.0540. The number of hydrogen-bond donors (Lipinski definition) is 2. The zero-order valence-corrected chi connectivity index (χ0v) is 14.5. The second-order valence-corrected chi connectivity index (χ2v) is 6.10. The Morgan fingerprint density at radius 2 is 2.00 bits per heavy atom. The van der Waals surface area contributed by atoms with Gasteiger partial charge in [-0.1, -0.05) is 22.0 Å². The molecule has 0 aliphatic carbocycles. The number of hydrazone groups is 1. The molecule has 2 aromatic rings. The predicted octanol–water partition coefficient (Wildman–Crippen LogP) is 3.59. The van der Waals surface area contributed by atoms with Crippen molar-refractivity contribution in [3.05, 3.63) is 66.6 Å². The fourth-order valence-corrected chi connectivity index (χ4v) is 2.42. The van der Waals surface area contributed by atoms with Crippen LogP contribution in [0.4, 0.5) is 5.69 Å². The van der Waals surface area contributed by atoms with Gasteiger partial charge in [-0.2, -0.15) is 5.10 Å². The predicted molar refractivity (Wildman–Crippen MR) is 91.7 cm³/mol. The average Bonchev–Trinajstić information content (AvgIpc) is 2.51. The van der Waals surface area contributed by atoms with Crippen molar-refractivity contribution in [2.24, 2.45) is 5.10 Å². The Kier molecular flexibility index (Phi) is 5.45. The van der Waals surface area contributed by atoms with Gasteiger partial charge in [0, 0.05) is 16.1 Å². The maximum Gasteiger partial charge on any atom is 0.284 e. The molecular weight excluding hydrogens is 434 g/mol. The van der Waals surface area contributed by atoms with Gasteiger partial charge in [0.05, 0.1) is 21.2 Å². The van der Waals surface area contributed by atoms with Gasteiger partial charge in [-0.3, -0.25) is 14.9 Å². The van der Waals surface area contributed by atoms with E-state index in [0.717, 1.165) is 0 Å². The number of nitrogens with one attached hydrogen (secondary N) is 1. The standard InChI is InChI=1S/C14H9Br2N3O4/c15-9-2-4-13(20)10(6-9)14(21)18-17-7-8-1-3-11(16)12(5-8)19(22)23/h1-7,20H,(H,18,21)/b17-7-. The second kappa shape index (κ2) is 7.34. The van der Waals surface area contributed by atoms with Crippen LogP contribution in [0.15, 0.2) is 50.4 Å². The lowest BCUT2D eigenvalue weighted by molar-refractivity contribution is -0.385. The topological polar surface area (TPSA) is 105 Å². The smallest absolute Gasteiger partial charge is 0.284 e. The lowest BCUT2D eigenvalue weighted by Crippen LogP contribution is -2.17. The van der Waals surface area contributed by atoms with Crippen LogP contribution in [-0.2, 0) is 0 Å². The Morgan fingerprint density at radius 3 is 2.70 bits per heavy atom. The summed E-state index contributed by atoms with van der Waals surface area (Å²) in [4.78, 5) is 22.2. The number of nitro benzene ring substituents is 1. The molecule has 1 amide bonds. The van der Waals surface area contributed by atoms with Crippen LogP contribution in [0.5, 0.6) is 5.75 Å². The highest BCUT2D eigenvalue weighted by atomic mass is 79.9. The number of rotatable bonds is 4. The summed E-state index contributed by atoms with van der Waals surface area (Å²) in [6, 6.07) is 8.85. The third-order valence-electron chi connectivity index (χ3n) is 2.75. The number of hydrogen-bond acceptors (Lipinski definition) is 5. The van der Waals surface area contributed by atoms with Crippen LogP contribution in [0.1, 0.15) is 15.9 Å². The van der Waals surface area contributed by atoms with Crippen LogP contribution in [0.2, 0.25) is 0 Å². The lowest BCUT2D eigenvalue weighted by atomic mass is 10.2. The van der Waals surface area contributed by atoms with Crippen molar-refractivity contribution < 1.29 is 14.8 Å². The molecule has 0 unspecified atom stereocenters. The van der Waals surface area contributed by atoms with E-state index in [9.17, 15) is 20.0 Å². The molecule has 0 saturated heterocycles. The summed E-state index contributed by atoms with van der Waals surface area (Å²) >= 11 is 6.28. The van der Waals surface area contributed by atoms with E-state index in [1.807, 2.05) is 0 Å². The number of phenols is 1. The summed E-state index contributed by atoms with van der Waals surface area (Å²) in [6.45, 7) is 0. The van der Waals surface area contributed by atoms with Crippen LogP contribution >= 0.6 is 31.9 Å². The van der Waals surface area contributed by atoms with Gasteiger partial charge in [0.15, 0.2) is 0 Å². The van der Waals surface area contributed by atoms with E-state index < -0.39 is 10.8 Å². The van der Waals surface area contributed by atoms with Gasteiger partial charge in [-0.15, -0.1) is 0 Å². The van der Waals surface area contributed by atoms with Crippen LogP contribution in [0, 0.1) is 10.1 Å². The molecular formula is C14H9Br2N3O4. The number of aromatic hydroxyl groups is 1. The van der Waals surface area contributed by atoms with Crippen LogP contribution in [0.25, 0.3) is 0 Å². The number of amides is 1. The van der Waals surface area contributed by atoms with Gasteiger partial charge in [0.1, 0.15) is 5.75 Å². The van der Waals surface area contributed by atoms with Gasteiger partial charge in [-0.25, -0.2) is 5.43 Å². The van der Waals surface area contributed by atoms with Crippen LogP contribution < -0.4 is 5.43 Å². The van der Waals surface area contributed by atoms with Crippen LogP contribution in [-0.4, -0.2) is 22.2 Å². The molecule has 0 radical (unpaired) electrons. The maximum absolute atomic E-state index is 11.9. The molecule has 0 saturated carbocycles. The van der Waals surface area contributed by atoms with E-state index >= 15 is 0 Å². The van der Waals surface area contributed by atoms with Crippen molar-refractivity contribution in [1.29, 1.82) is 0 Å². The SMILES string of the molecule is O=C(N/N=C\c1ccc(Br)c([N+](=O)[O-])c1)c1cc(Br)ccc1O. The number of phenolic OH excluding ortho intramolecular Hbond substituents is 1. The van der Waals surface area contributed by atoms with Gasteiger partial charge in [0.25, 0.3) is 11.6 Å². The van der Waals surface area contributed by atoms with E-state index in [1.165, 1.54) is 30.5 Å². The first kappa shape index (κ1) is 17.1. The highest BCUT2D eigenvalue weighted by molar-refractivity contribution is 9.10. The van der Waals surface area contributed by atoms with Gasteiger partial charge < -0.3 is 5.11 Å². The van der Waals surface area contributed by atoms with Gasteiger partial charge in [-0.05, 0) is 40.2 Å². The Labute approximate surface area is 147 Å². The van der Waals surface area contributed by atoms with Crippen molar-refractivity contribution in [3.63, 3.8) is 0 Å². The third-order valence-corrected chi connectivity index (χ3v) is 3.91. The first-order valence-electron chi connectivity index (χ1n) is 6.14. The molecule has 23 heavy (non-hydrogen) atoms. The van der Waals surface area contributed by atoms with E-state index in [2.05, 4.69) is 42.4 Å². The molecule has 9 heteroatoms. The molecule has 0 aromatic heterocycles. The van der Waals surface area contributed by atoms with Crippen molar-refractivity contribution in [2.45, 2.75) is 0 Å². The fraction of sp³-hybridized carbons (Fsp3) is 0. The molecule has 0 aliphatic rings. The molecule has 0 atom stereocenters. The van der Waals surface area contributed by atoms with Gasteiger partial charge >= 0.3 is 0 Å². The molecule has 0 aliphatic heterocycles. The molecule has 0 fully saturated rings. The zero-order valence-electron chi connectivity index (χ0n) is 11.4. The second-order valence-electron chi connectivity index (χ2n) is 4.33. The Bertz CT molecular complexity index is 809. The minimum Gasteiger partial charge on any atom is -0.507 e. The summed E-state index contributed by atoms with van der Waals surface area (Å²) in [5.41, 5.74) is 2.64. The largest absolute Gasteiger partial charge is 0.507 e. The van der Waals surface area contributed by atoms with Crippen molar-refractivity contribution in [1.82, 2.24) is 5.43 Å². The number of halogens is 2. The summed E-state index contributed by atoms with van der Waals surface area (Å²) < 4.78 is 0.982. The molecule has 2 rings (SSSR count). The lowest BCUT2D eigenvalue weighted by Gasteiger charge is -2.03.